The third kappa shape index (κ3) is 3.41. The zero-order chi connectivity index (χ0) is 13.8. The summed E-state index contributed by atoms with van der Waals surface area (Å²) in [5.74, 6) is -0.649. The highest BCUT2D eigenvalue weighted by atomic mass is 79.9. The molecule has 0 aliphatic heterocycles. The summed E-state index contributed by atoms with van der Waals surface area (Å²) in [7, 11) is 0. The van der Waals surface area contributed by atoms with E-state index in [0.29, 0.717) is 21.5 Å². The van der Waals surface area contributed by atoms with Gasteiger partial charge in [-0.25, -0.2) is 4.79 Å². The van der Waals surface area contributed by atoms with E-state index in [9.17, 15) is 9.59 Å². The maximum absolute atomic E-state index is 11.7. The lowest BCUT2D eigenvalue weighted by Gasteiger charge is -2.02. The van der Waals surface area contributed by atoms with Crippen LogP contribution in [0.5, 0.6) is 0 Å². The van der Waals surface area contributed by atoms with E-state index in [1.165, 1.54) is 24.3 Å². The van der Waals surface area contributed by atoms with Crippen molar-refractivity contribution in [3.8, 4) is 0 Å². The van der Waals surface area contributed by atoms with Crippen molar-refractivity contribution in [2.24, 2.45) is 5.73 Å². The predicted octanol–water partition coefficient (Wildman–Crippen LogP) is 1.89. The number of aromatic nitrogens is 1. The fourth-order valence-corrected chi connectivity index (χ4v) is 1.67. The van der Waals surface area contributed by atoms with Gasteiger partial charge >= 0.3 is 5.97 Å². The molecule has 0 atom stereocenters. The number of halogens is 1. The average Bonchev–Trinajstić information content (AvgIpc) is 2.82. The summed E-state index contributed by atoms with van der Waals surface area (Å²) in [6.45, 7) is -0.0188. The van der Waals surface area contributed by atoms with Crippen molar-refractivity contribution in [2.75, 3.05) is 0 Å². The molecular formula is C12H9BrN2O4. The Labute approximate surface area is 116 Å². The molecule has 1 amide bonds. The van der Waals surface area contributed by atoms with E-state index < -0.39 is 11.9 Å². The Morgan fingerprint density at radius 2 is 1.89 bits per heavy atom. The molecule has 0 fully saturated rings. The summed E-state index contributed by atoms with van der Waals surface area (Å²) in [4.78, 5) is 22.6. The first-order valence-corrected chi connectivity index (χ1v) is 6.03. The van der Waals surface area contributed by atoms with Gasteiger partial charge in [-0.15, -0.1) is 0 Å². The van der Waals surface area contributed by atoms with Crippen LogP contribution in [-0.4, -0.2) is 17.0 Å². The molecule has 7 heteroatoms. The van der Waals surface area contributed by atoms with Crippen LogP contribution in [0, 0.1) is 0 Å². The topological polar surface area (TPSA) is 95.4 Å². The van der Waals surface area contributed by atoms with Crippen molar-refractivity contribution in [1.29, 1.82) is 0 Å². The first-order valence-electron chi connectivity index (χ1n) is 5.24. The fourth-order valence-electron chi connectivity index (χ4n) is 1.35. The third-order valence-electron chi connectivity index (χ3n) is 2.28. The van der Waals surface area contributed by atoms with Crippen LogP contribution in [0.1, 0.15) is 26.5 Å². The van der Waals surface area contributed by atoms with Gasteiger partial charge in [0.05, 0.1) is 5.56 Å². The third-order valence-corrected chi connectivity index (χ3v) is 2.65. The maximum atomic E-state index is 11.7. The van der Waals surface area contributed by atoms with Crippen molar-refractivity contribution in [3.05, 3.63) is 51.8 Å². The largest absolute Gasteiger partial charge is 0.454 e. The van der Waals surface area contributed by atoms with E-state index in [1.807, 2.05) is 0 Å². The number of nitrogens with zero attached hydrogens (tertiary/aromatic N) is 1. The number of carbonyl (C=O) groups excluding carboxylic acids is 2. The molecule has 1 aromatic heterocycles. The normalized spacial score (nSPS) is 10.2. The van der Waals surface area contributed by atoms with Gasteiger partial charge in [0.1, 0.15) is 4.60 Å². The average molecular weight is 325 g/mol. The quantitative estimate of drug-likeness (QED) is 0.866. The number of hydrogen-bond donors (Lipinski definition) is 1. The van der Waals surface area contributed by atoms with Crippen molar-refractivity contribution in [1.82, 2.24) is 5.16 Å². The lowest BCUT2D eigenvalue weighted by Crippen LogP contribution is -2.11. The summed E-state index contributed by atoms with van der Waals surface area (Å²) < 4.78 is 10.4. The standard InChI is InChI=1S/C12H9BrN2O4/c13-10-5-9(19-15-10)6-18-12(17)8-3-1-7(2-4-8)11(14)16/h1-5H,6H2,(H2,14,16). The summed E-state index contributed by atoms with van der Waals surface area (Å²) in [6, 6.07) is 7.47. The molecule has 0 radical (unpaired) electrons. The molecule has 0 saturated carbocycles. The van der Waals surface area contributed by atoms with E-state index in [1.54, 1.807) is 6.07 Å². The summed E-state index contributed by atoms with van der Waals surface area (Å²) in [6.07, 6.45) is 0. The van der Waals surface area contributed by atoms with E-state index >= 15 is 0 Å². The van der Waals surface area contributed by atoms with Crippen molar-refractivity contribution in [3.63, 3.8) is 0 Å². The molecular weight excluding hydrogens is 316 g/mol. The van der Waals surface area contributed by atoms with Gasteiger partial charge in [0.25, 0.3) is 0 Å². The van der Waals surface area contributed by atoms with Crippen LogP contribution in [0.15, 0.2) is 39.5 Å². The lowest BCUT2D eigenvalue weighted by atomic mass is 10.1. The van der Waals surface area contributed by atoms with Crippen LogP contribution >= 0.6 is 15.9 Å². The second kappa shape index (κ2) is 5.66. The number of carbonyl (C=O) groups is 2. The monoisotopic (exact) mass is 324 g/mol. The minimum atomic E-state index is -0.550. The van der Waals surface area contributed by atoms with E-state index in [4.69, 9.17) is 15.0 Å². The van der Waals surface area contributed by atoms with Crippen LogP contribution in [0.2, 0.25) is 0 Å². The van der Waals surface area contributed by atoms with E-state index in [2.05, 4.69) is 21.1 Å². The Bertz CT molecular complexity index is 606. The Balaban J connectivity index is 1.98. The first kappa shape index (κ1) is 13.3. The zero-order valence-corrected chi connectivity index (χ0v) is 11.2. The molecule has 0 unspecified atom stereocenters. The molecule has 0 bridgehead atoms. The Kier molecular flexibility index (Phi) is 3.96. The Morgan fingerprint density at radius 3 is 2.42 bits per heavy atom. The second-order valence-corrected chi connectivity index (χ2v) is 4.45. The van der Waals surface area contributed by atoms with Gasteiger partial charge in [-0.05, 0) is 40.2 Å². The molecule has 0 aliphatic rings. The van der Waals surface area contributed by atoms with E-state index in [-0.39, 0.29) is 6.61 Å². The SMILES string of the molecule is NC(=O)c1ccc(C(=O)OCc2cc(Br)no2)cc1. The number of benzene rings is 1. The first-order chi connectivity index (χ1) is 9.06. The molecule has 2 rings (SSSR count). The number of ether oxygens (including phenoxy) is 1. The summed E-state index contributed by atoms with van der Waals surface area (Å²) in [5.41, 5.74) is 5.75. The van der Waals surface area contributed by atoms with Gasteiger partial charge < -0.3 is 15.0 Å². The molecule has 0 spiro atoms. The number of hydrogen-bond acceptors (Lipinski definition) is 5. The zero-order valence-electron chi connectivity index (χ0n) is 9.63. The second-order valence-electron chi connectivity index (χ2n) is 3.63. The smallest absolute Gasteiger partial charge is 0.338 e. The van der Waals surface area contributed by atoms with Crippen LogP contribution in [-0.2, 0) is 11.3 Å². The van der Waals surface area contributed by atoms with E-state index in [0.717, 1.165) is 0 Å². The number of rotatable bonds is 4. The van der Waals surface area contributed by atoms with Gasteiger partial charge in [-0.2, -0.15) is 0 Å². The molecule has 2 N–H and O–H groups in total. The van der Waals surface area contributed by atoms with Gasteiger partial charge in [-0.1, -0.05) is 5.16 Å². The summed E-state index contributed by atoms with van der Waals surface area (Å²) >= 11 is 3.12. The van der Waals surface area contributed by atoms with Crippen LogP contribution in [0.3, 0.4) is 0 Å². The Morgan fingerprint density at radius 1 is 1.26 bits per heavy atom. The van der Waals surface area contributed by atoms with Crippen molar-refractivity contribution >= 4 is 27.8 Å². The molecule has 6 nitrogen and oxygen atoms in total. The number of esters is 1. The highest BCUT2D eigenvalue weighted by Crippen LogP contribution is 2.12. The van der Waals surface area contributed by atoms with Gasteiger partial charge in [0, 0.05) is 11.6 Å². The lowest BCUT2D eigenvalue weighted by molar-refractivity contribution is 0.0437. The van der Waals surface area contributed by atoms with Crippen molar-refractivity contribution in [2.45, 2.75) is 6.61 Å². The highest BCUT2D eigenvalue weighted by Gasteiger charge is 2.10. The minimum Gasteiger partial charge on any atom is -0.454 e. The number of primary amides is 1. The Hall–Kier alpha value is -2.15. The van der Waals surface area contributed by atoms with Gasteiger partial charge in [0.2, 0.25) is 5.91 Å². The molecule has 0 aliphatic carbocycles. The number of amides is 1. The van der Waals surface area contributed by atoms with Gasteiger partial charge in [-0.3, -0.25) is 4.79 Å². The highest BCUT2D eigenvalue weighted by molar-refractivity contribution is 9.10. The molecule has 0 saturated heterocycles. The molecule has 2 aromatic rings. The fraction of sp³-hybridized carbons (Fsp3) is 0.0833. The van der Waals surface area contributed by atoms with Crippen LogP contribution in [0.4, 0.5) is 0 Å². The molecule has 1 heterocycles. The summed E-state index contributed by atoms with van der Waals surface area (Å²) in [5, 5.41) is 3.60. The molecule has 1 aromatic carbocycles. The predicted molar refractivity (Wildman–Crippen MR) is 68.3 cm³/mol. The number of nitrogens with two attached hydrogens (primary N) is 1. The molecule has 19 heavy (non-hydrogen) atoms. The van der Waals surface area contributed by atoms with Crippen LogP contribution in [0.25, 0.3) is 0 Å². The minimum absolute atomic E-state index is 0.0188. The molecule has 98 valence electrons. The van der Waals surface area contributed by atoms with Crippen LogP contribution < -0.4 is 5.73 Å². The van der Waals surface area contributed by atoms with Gasteiger partial charge in [0.15, 0.2) is 12.4 Å². The maximum Gasteiger partial charge on any atom is 0.338 e. The van der Waals surface area contributed by atoms with Crippen molar-refractivity contribution < 1.29 is 18.8 Å².